The number of benzene rings is 1. The molecule has 2 aliphatic rings. The van der Waals surface area contributed by atoms with E-state index in [1.54, 1.807) is 16.6 Å². The lowest BCUT2D eigenvalue weighted by Gasteiger charge is -2.40. The molecule has 1 fully saturated rings. The van der Waals surface area contributed by atoms with Crippen LogP contribution in [-0.4, -0.2) is 47.1 Å². The van der Waals surface area contributed by atoms with Crippen LogP contribution in [0.3, 0.4) is 0 Å². The molecule has 5 heteroatoms. The van der Waals surface area contributed by atoms with Gasteiger partial charge in [-0.2, -0.15) is 0 Å². The van der Waals surface area contributed by atoms with Crippen molar-refractivity contribution in [2.75, 3.05) is 25.4 Å². The summed E-state index contributed by atoms with van der Waals surface area (Å²) in [6.45, 7) is 4.12. The predicted molar refractivity (Wildman–Crippen MR) is 111 cm³/mol. The first-order chi connectivity index (χ1) is 12.8. The van der Waals surface area contributed by atoms with E-state index in [2.05, 4.69) is 45.5 Å². The van der Waals surface area contributed by atoms with Gasteiger partial charge in [0.25, 0.3) is 0 Å². The summed E-state index contributed by atoms with van der Waals surface area (Å²) < 4.78 is 0. The van der Waals surface area contributed by atoms with Crippen LogP contribution in [0.2, 0.25) is 0 Å². The molecule has 0 aliphatic carbocycles. The molecular weight excluding hydrogens is 360 g/mol. The van der Waals surface area contributed by atoms with Crippen LogP contribution in [0.1, 0.15) is 28.8 Å². The summed E-state index contributed by atoms with van der Waals surface area (Å²) in [5.74, 6) is 1.82. The SMILES string of the molecule is O=C(CSCc1ccccc1)N1CCC(N2CCc3sccc3C2)CC1. The maximum absolute atomic E-state index is 12.5. The smallest absolute Gasteiger partial charge is 0.232 e. The molecule has 0 spiro atoms. The van der Waals surface area contributed by atoms with Gasteiger partial charge in [0, 0.05) is 42.9 Å². The van der Waals surface area contributed by atoms with Crippen LogP contribution in [0, 0.1) is 0 Å². The zero-order chi connectivity index (χ0) is 17.8. The summed E-state index contributed by atoms with van der Waals surface area (Å²) in [6, 6.07) is 13.3. The number of hydrogen-bond donors (Lipinski definition) is 0. The van der Waals surface area contributed by atoms with E-state index in [9.17, 15) is 4.79 Å². The number of nitrogens with zero attached hydrogens (tertiary/aromatic N) is 2. The van der Waals surface area contributed by atoms with E-state index in [0.717, 1.165) is 38.2 Å². The molecule has 1 aromatic carbocycles. The lowest BCUT2D eigenvalue weighted by Crippen LogP contribution is -2.48. The van der Waals surface area contributed by atoms with Crippen molar-refractivity contribution in [2.45, 2.75) is 37.6 Å². The Hall–Kier alpha value is -1.30. The van der Waals surface area contributed by atoms with Gasteiger partial charge in [-0.25, -0.2) is 0 Å². The second-order valence-corrected chi connectivity index (χ2v) is 9.17. The number of thioether (sulfide) groups is 1. The van der Waals surface area contributed by atoms with Crippen molar-refractivity contribution >= 4 is 29.0 Å². The van der Waals surface area contributed by atoms with Crippen molar-refractivity contribution in [3.8, 4) is 0 Å². The van der Waals surface area contributed by atoms with Gasteiger partial charge in [0.05, 0.1) is 5.75 Å². The molecule has 138 valence electrons. The van der Waals surface area contributed by atoms with Crippen LogP contribution in [0.25, 0.3) is 0 Å². The van der Waals surface area contributed by atoms with Gasteiger partial charge < -0.3 is 4.90 Å². The van der Waals surface area contributed by atoms with E-state index < -0.39 is 0 Å². The Morgan fingerprint density at radius 3 is 2.73 bits per heavy atom. The fourth-order valence-electron chi connectivity index (χ4n) is 3.98. The molecule has 2 aliphatic heterocycles. The monoisotopic (exact) mass is 386 g/mol. The Kier molecular flexibility index (Phi) is 5.98. The highest BCUT2D eigenvalue weighted by atomic mass is 32.2. The third-order valence-corrected chi connectivity index (χ3v) is 7.52. The van der Waals surface area contributed by atoms with Gasteiger partial charge in [-0.05, 0) is 41.8 Å². The van der Waals surface area contributed by atoms with Gasteiger partial charge in [0.2, 0.25) is 5.91 Å². The standard InChI is InChI=1S/C21H26N2OS2/c24-21(16-25-15-17-4-2-1-3-5-17)22-10-6-19(7-11-22)23-12-8-20-18(14-23)9-13-26-20/h1-5,9,13,19H,6-8,10-12,14-16H2. The Morgan fingerprint density at radius 1 is 1.12 bits per heavy atom. The van der Waals surface area contributed by atoms with Crippen LogP contribution in [0.15, 0.2) is 41.8 Å². The molecule has 3 nitrogen and oxygen atoms in total. The summed E-state index contributed by atoms with van der Waals surface area (Å²) in [6.07, 6.45) is 3.44. The number of fused-ring (bicyclic) bond motifs is 1. The Balaban J connectivity index is 1.20. The quantitative estimate of drug-likeness (QED) is 0.775. The minimum Gasteiger partial charge on any atom is -0.342 e. The zero-order valence-electron chi connectivity index (χ0n) is 15.1. The van der Waals surface area contributed by atoms with Gasteiger partial charge in [0.15, 0.2) is 0 Å². The third kappa shape index (κ3) is 4.33. The highest BCUT2D eigenvalue weighted by Crippen LogP contribution is 2.28. The van der Waals surface area contributed by atoms with Crippen LogP contribution >= 0.6 is 23.1 Å². The Morgan fingerprint density at radius 2 is 1.92 bits per heavy atom. The van der Waals surface area contributed by atoms with Crippen LogP contribution in [-0.2, 0) is 23.5 Å². The van der Waals surface area contributed by atoms with Crippen molar-refractivity contribution in [2.24, 2.45) is 0 Å². The molecule has 3 heterocycles. The predicted octanol–water partition coefficient (Wildman–Crippen LogP) is 4.03. The van der Waals surface area contributed by atoms with E-state index >= 15 is 0 Å². The number of thiophene rings is 1. The largest absolute Gasteiger partial charge is 0.342 e. The molecule has 4 rings (SSSR count). The van der Waals surface area contributed by atoms with E-state index in [0.29, 0.717) is 17.7 Å². The Labute approximate surface area is 164 Å². The van der Waals surface area contributed by atoms with Gasteiger partial charge >= 0.3 is 0 Å². The van der Waals surface area contributed by atoms with Crippen molar-refractivity contribution in [3.63, 3.8) is 0 Å². The van der Waals surface area contributed by atoms with E-state index in [4.69, 9.17) is 0 Å². The molecule has 0 radical (unpaired) electrons. The van der Waals surface area contributed by atoms with E-state index in [1.807, 2.05) is 17.4 Å². The number of amides is 1. The highest BCUT2D eigenvalue weighted by Gasteiger charge is 2.29. The van der Waals surface area contributed by atoms with Crippen molar-refractivity contribution in [3.05, 3.63) is 57.8 Å². The molecular formula is C21H26N2OS2. The molecule has 1 aromatic heterocycles. The van der Waals surface area contributed by atoms with Crippen molar-refractivity contribution in [1.82, 2.24) is 9.80 Å². The number of carbonyl (C=O) groups is 1. The van der Waals surface area contributed by atoms with Gasteiger partial charge in [-0.1, -0.05) is 30.3 Å². The molecule has 0 saturated carbocycles. The molecule has 1 amide bonds. The maximum Gasteiger partial charge on any atom is 0.232 e. The Bertz CT molecular complexity index is 723. The fourth-order valence-corrected chi connectivity index (χ4v) is 5.76. The lowest BCUT2D eigenvalue weighted by atomic mass is 9.99. The zero-order valence-corrected chi connectivity index (χ0v) is 16.7. The maximum atomic E-state index is 12.5. The molecule has 0 bridgehead atoms. The number of piperidine rings is 1. The molecule has 0 atom stereocenters. The van der Waals surface area contributed by atoms with Gasteiger partial charge in [0.1, 0.15) is 0 Å². The average Bonchev–Trinajstić information content (AvgIpc) is 3.17. The first-order valence-electron chi connectivity index (χ1n) is 9.48. The summed E-state index contributed by atoms with van der Waals surface area (Å²) in [5.41, 5.74) is 2.82. The first kappa shape index (κ1) is 18.1. The van der Waals surface area contributed by atoms with Crippen LogP contribution in [0.5, 0.6) is 0 Å². The summed E-state index contributed by atoms with van der Waals surface area (Å²) >= 11 is 3.63. The lowest BCUT2D eigenvalue weighted by molar-refractivity contribution is -0.129. The average molecular weight is 387 g/mol. The summed E-state index contributed by atoms with van der Waals surface area (Å²) in [4.78, 5) is 18.8. The third-order valence-electron chi connectivity index (χ3n) is 5.51. The first-order valence-corrected chi connectivity index (χ1v) is 11.5. The normalized spacial score (nSPS) is 18.7. The fraction of sp³-hybridized carbons (Fsp3) is 0.476. The van der Waals surface area contributed by atoms with Crippen LogP contribution < -0.4 is 0 Å². The second-order valence-electron chi connectivity index (χ2n) is 7.18. The number of rotatable bonds is 5. The molecule has 1 saturated heterocycles. The summed E-state index contributed by atoms with van der Waals surface area (Å²) in [7, 11) is 0. The molecule has 26 heavy (non-hydrogen) atoms. The molecule has 0 N–H and O–H groups in total. The summed E-state index contributed by atoms with van der Waals surface area (Å²) in [5, 5.41) is 2.22. The minimum absolute atomic E-state index is 0.308. The molecule has 0 unspecified atom stereocenters. The number of hydrogen-bond acceptors (Lipinski definition) is 4. The van der Waals surface area contributed by atoms with Gasteiger partial charge in [-0.15, -0.1) is 23.1 Å². The van der Waals surface area contributed by atoms with Crippen LogP contribution in [0.4, 0.5) is 0 Å². The second kappa shape index (κ2) is 8.59. The van der Waals surface area contributed by atoms with E-state index in [1.165, 1.54) is 24.1 Å². The van der Waals surface area contributed by atoms with Crippen molar-refractivity contribution < 1.29 is 4.79 Å². The number of likely N-dealkylation sites (tertiary alicyclic amines) is 1. The van der Waals surface area contributed by atoms with E-state index in [-0.39, 0.29) is 0 Å². The number of carbonyl (C=O) groups excluding carboxylic acids is 1. The van der Waals surface area contributed by atoms with Crippen molar-refractivity contribution in [1.29, 1.82) is 0 Å². The molecule has 2 aromatic rings. The minimum atomic E-state index is 0.308. The van der Waals surface area contributed by atoms with Gasteiger partial charge in [-0.3, -0.25) is 9.69 Å². The highest BCUT2D eigenvalue weighted by molar-refractivity contribution is 7.99. The topological polar surface area (TPSA) is 23.6 Å².